The highest BCUT2D eigenvalue weighted by Crippen LogP contribution is 2.21. The molecule has 23 heavy (non-hydrogen) atoms. The molecule has 1 aromatic carbocycles. The van der Waals surface area contributed by atoms with Gasteiger partial charge in [-0.15, -0.1) is 0 Å². The SMILES string of the molecule is CN=C(NC(=O)OC(C)(C)C)NC(CO)c1cc(Br)ccc1F. The number of aliphatic hydroxyl groups is 1. The van der Waals surface area contributed by atoms with Crippen molar-refractivity contribution in [3.05, 3.63) is 34.1 Å². The van der Waals surface area contributed by atoms with Crippen LogP contribution in [0.5, 0.6) is 0 Å². The number of nitrogens with one attached hydrogen (secondary N) is 2. The number of guanidine groups is 1. The number of hydrogen-bond acceptors (Lipinski definition) is 4. The Kier molecular flexibility index (Phi) is 6.96. The van der Waals surface area contributed by atoms with Gasteiger partial charge in [0.2, 0.25) is 5.96 Å². The van der Waals surface area contributed by atoms with Crippen LogP contribution in [0.2, 0.25) is 0 Å². The molecule has 3 N–H and O–H groups in total. The lowest BCUT2D eigenvalue weighted by Crippen LogP contribution is -2.45. The zero-order valence-electron chi connectivity index (χ0n) is 13.5. The third-order valence-electron chi connectivity index (χ3n) is 2.67. The first kappa shape index (κ1) is 19.4. The molecule has 0 bridgehead atoms. The summed E-state index contributed by atoms with van der Waals surface area (Å²) in [5.41, 5.74) is -0.413. The van der Waals surface area contributed by atoms with E-state index in [-0.39, 0.29) is 18.1 Å². The molecule has 0 fully saturated rings. The van der Waals surface area contributed by atoms with Crippen LogP contribution in [0.25, 0.3) is 0 Å². The maximum Gasteiger partial charge on any atom is 0.414 e. The summed E-state index contributed by atoms with van der Waals surface area (Å²) in [5.74, 6) is -0.412. The fourth-order valence-corrected chi connectivity index (χ4v) is 2.10. The number of alkyl carbamates (subject to hydrolysis) is 1. The Morgan fingerprint density at radius 1 is 1.48 bits per heavy atom. The highest BCUT2D eigenvalue weighted by molar-refractivity contribution is 9.10. The summed E-state index contributed by atoms with van der Waals surface area (Å²) in [6, 6.07) is 3.61. The highest BCUT2D eigenvalue weighted by Gasteiger charge is 2.20. The second-order valence-electron chi connectivity index (χ2n) is 5.74. The number of aliphatic imine (C=N–C) groups is 1. The number of amides is 1. The summed E-state index contributed by atoms with van der Waals surface area (Å²) in [6.45, 7) is 4.81. The van der Waals surface area contributed by atoms with E-state index in [0.717, 1.165) is 0 Å². The van der Waals surface area contributed by atoms with Gasteiger partial charge in [0, 0.05) is 17.1 Å². The normalized spacial score (nSPS) is 13.4. The Labute approximate surface area is 143 Å². The van der Waals surface area contributed by atoms with Crippen LogP contribution < -0.4 is 10.6 Å². The van der Waals surface area contributed by atoms with Crippen molar-refractivity contribution in [2.45, 2.75) is 32.4 Å². The lowest BCUT2D eigenvalue weighted by atomic mass is 10.1. The van der Waals surface area contributed by atoms with Gasteiger partial charge in [-0.1, -0.05) is 15.9 Å². The van der Waals surface area contributed by atoms with E-state index in [1.807, 2.05) is 0 Å². The van der Waals surface area contributed by atoms with E-state index in [2.05, 4.69) is 31.6 Å². The molecule has 0 spiro atoms. The molecular weight excluding hydrogens is 369 g/mol. The number of ether oxygens (including phenoxy) is 1. The van der Waals surface area contributed by atoms with Crippen LogP contribution in [0.1, 0.15) is 32.4 Å². The predicted octanol–water partition coefficient (Wildman–Crippen LogP) is 2.72. The van der Waals surface area contributed by atoms with E-state index in [1.165, 1.54) is 13.1 Å². The van der Waals surface area contributed by atoms with E-state index >= 15 is 0 Å². The van der Waals surface area contributed by atoms with Crippen molar-refractivity contribution in [1.82, 2.24) is 10.6 Å². The topological polar surface area (TPSA) is 83.0 Å². The number of rotatable bonds is 3. The number of carbonyl (C=O) groups is 1. The van der Waals surface area contributed by atoms with Crippen LogP contribution in [0.4, 0.5) is 9.18 Å². The van der Waals surface area contributed by atoms with Crippen molar-refractivity contribution in [2.24, 2.45) is 4.99 Å². The smallest absolute Gasteiger partial charge is 0.414 e. The van der Waals surface area contributed by atoms with E-state index in [4.69, 9.17) is 4.74 Å². The molecule has 0 saturated carbocycles. The molecule has 0 radical (unpaired) electrons. The van der Waals surface area contributed by atoms with Crippen molar-refractivity contribution < 1.29 is 19.0 Å². The van der Waals surface area contributed by atoms with Gasteiger partial charge < -0.3 is 15.2 Å². The van der Waals surface area contributed by atoms with Crippen molar-refractivity contribution in [2.75, 3.05) is 13.7 Å². The summed E-state index contributed by atoms with van der Waals surface area (Å²) in [6.07, 6.45) is -0.697. The Morgan fingerprint density at radius 3 is 2.65 bits per heavy atom. The average Bonchev–Trinajstić information content (AvgIpc) is 2.44. The number of halogens is 2. The average molecular weight is 390 g/mol. The minimum atomic E-state index is -0.777. The van der Waals surface area contributed by atoms with Crippen LogP contribution in [0, 0.1) is 5.82 Å². The van der Waals surface area contributed by atoms with Gasteiger partial charge >= 0.3 is 6.09 Å². The van der Waals surface area contributed by atoms with Crippen molar-refractivity contribution in [3.8, 4) is 0 Å². The first-order chi connectivity index (χ1) is 10.7. The summed E-state index contributed by atoms with van der Waals surface area (Å²) < 4.78 is 19.7. The zero-order valence-corrected chi connectivity index (χ0v) is 15.1. The molecule has 1 atom stereocenters. The van der Waals surface area contributed by atoms with Gasteiger partial charge in [0.25, 0.3) is 0 Å². The number of nitrogens with zero attached hydrogens (tertiary/aromatic N) is 1. The highest BCUT2D eigenvalue weighted by atomic mass is 79.9. The molecule has 0 aliphatic carbocycles. The second kappa shape index (κ2) is 8.26. The predicted molar refractivity (Wildman–Crippen MR) is 89.8 cm³/mol. The Morgan fingerprint density at radius 2 is 2.13 bits per heavy atom. The van der Waals surface area contributed by atoms with Gasteiger partial charge in [0.15, 0.2) is 0 Å². The standard InChI is InChI=1S/C15H21BrFN3O3/c1-15(2,3)23-14(22)20-13(18-4)19-12(8-21)10-7-9(16)5-6-11(10)17/h5-7,12,21H,8H2,1-4H3,(H2,18,19,20,22). The molecule has 1 aromatic rings. The van der Waals surface area contributed by atoms with Crippen molar-refractivity contribution in [3.63, 3.8) is 0 Å². The van der Waals surface area contributed by atoms with Gasteiger partial charge in [-0.25, -0.2) is 9.18 Å². The largest absolute Gasteiger partial charge is 0.444 e. The third kappa shape index (κ3) is 6.54. The molecule has 0 heterocycles. The molecule has 128 valence electrons. The monoisotopic (exact) mass is 389 g/mol. The molecule has 1 unspecified atom stereocenters. The van der Waals surface area contributed by atoms with Crippen molar-refractivity contribution in [1.29, 1.82) is 0 Å². The minimum Gasteiger partial charge on any atom is -0.444 e. The fourth-order valence-electron chi connectivity index (χ4n) is 1.73. The van der Waals surface area contributed by atoms with Gasteiger partial charge in [-0.2, -0.15) is 0 Å². The molecule has 0 aromatic heterocycles. The number of benzene rings is 1. The number of aliphatic hydroxyl groups excluding tert-OH is 1. The molecule has 0 aliphatic heterocycles. The molecular formula is C15H21BrFN3O3. The second-order valence-corrected chi connectivity index (χ2v) is 6.66. The van der Waals surface area contributed by atoms with Gasteiger partial charge in [0.1, 0.15) is 11.4 Å². The van der Waals surface area contributed by atoms with Gasteiger partial charge in [-0.05, 0) is 39.0 Å². The van der Waals surface area contributed by atoms with E-state index < -0.39 is 23.6 Å². The van der Waals surface area contributed by atoms with E-state index in [0.29, 0.717) is 4.47 Å². The zero-order chi connectivity index (χ0) is 17.6. The quantitative estimate of drug-likeness (QED) is 0.548. The van der Waals surface area contributed by atoms with Crippen molar-refractivity contribution >= 4 is 28.0 Å². The summed E-state index contributed by atoms with van der Waals surface area (Å²) in [4.78, 5) is 15.6. The Hall–Kier alpha value is -1.67. The lowest BCUT2D eigenvalue weighted by molar-refractivity contribution is 0.0560. The molecule has 8 heteroatoms. The van der Waals surface area contributed by atoms with Crippen LogP contribution in [0.15, 0.2) is 27.7 Å². The molecule has 1 rings (SSSR count). The minimum absolute atomic E-state index is 0.0673. The van der Waals surface area contributed by atoms with Crippen LogP contribution >= 0.6 is 15.9 Å². The Balaban J connectivity index is 2.84. The first-order valence-corrected chi connectivity index (χ1v) is 7.74. The summed E-state index contributed by atoms with van der Waals surface area (Å²) in [5, 5.41) is 14.7. The fraction of sp³-hybridized carbons (Fsp3) is 0.467. The van der Waals surface area contributed by atoms with Gasteiger partial charge in [-0.3, -0.25) is 10.3 Å². The molecule has 0 saturated heterocycles. The van der Waals surface area contributed by atoms with Crippen LogP contribution in [0.3, 0.4) is 0 Å². The third-order valence-corrected chi connectivity index (χ3v) is 3.16. The summed E-state index contributed by atoms with van der Waals surface area (Å²) >= 11 is 3.25. The molecule has 6 nitrogen and oxygen atoms in total. The van der Waals surface area contributed by atoms with Crippen LogP contribution in [-0.2, 0) is 4.74 Å². The summed E-state index contributed by atoms with van der Waals surface area (Å²) in [7, 11) is 1.45. The maximum atomic E-state index is 13.9. The van der Waals surface area contributed by atoms with Crippen LogP contribution in [-0.4, -0.2) is 36.4 Å². The lowest BCUT2D eigenvalue weighted by Gasteiger charge is -2.23. The number of hydrogen-bond donors (Lipinski definition) is 3. The van der Waals surface area contributed by atoms with Gasteiger partial charge in [0.05, 0.1) is 12.6 Å². The first-order valence-electron chi connectivity index (χ1n) is 6.95. The maximum absolute atomic E-state index is 13.9. The number of carbonyl (C=O) groups excluding carboxylic acids is 1. The molecule has 0 aliphatic rings. The van der Waals surface area contributed by atoms with E-state index in [1.54, 1.807) is 32.9 Å². The van der Waals surface area contributed by atoms with E-state index in [9.17, 15) is 14.3 Å². The molecule has 1 amide bonds. The Bertz CT molecular complexity index is 588.